The number of piperidine rings is 1. The molecule has 2 heterocycles. The summed E-state index contributed by atoms with van der Waals surface area (Å²) >= 11 is 0. The summed E-state index contributed by atoms with van der Waals surface area (Å²) in [6, 6.07) is 0.825. The Morgan fingerprint density at radius 1 is 1.12 bits per heavy atom. The molecule has 1 saturated carbocycles. The topological polar surface area (TPSA) is 41.6 Å². The van der Waals surface area contributed by atoms with Gasteiger partial charge in [0.2, 0.25) is 5.91 Å². The Morgan fingerprint density at radius 2 is 1.88 bits per heavy atom. The van der Waals surface area contributed by atoms with E-state index in [1.54, 1.807) is 0 Å². The minimum atomic E-state index is 0.222. The van der Waals surface area contributed by atoms with Crippen molar-refractivity contribution >= 4 is 5.91 Å². The summed E-state index contributed by atoms with van der Waals surface area (Å²) in [5, 5.41) is 3.37. The molecule has 0 spiro atoms. The van der Waals surface area contributed by atoms with Gasteiger partial charge in [-0.3, -0.25) is 4.79 Å². The number of hydrogen-bond donors (Lipinski definition) is 1. The molecule has 4 heteroatoms. The molecule has 4 nitrogen and oxygen atoms in total. The highest BCUT2D eigenvalue weighted by Gasteiger charge is 2.41. The summed E-state index contributed by atoms with van der Waals surface area (Å²) in [5.74, 6) is 0.222. The second-order valence-electron chi connectivity index (χ2n) is 5.48. The number of ether oxygens (including phenoxy) is 1. The third kappa shape index (κ3) is 2.20. The molecule has 3 aliphatic rings. The van der Waals surface area contributed by atoms with E-state index in [0.717, 1.165) is 38.8 Å². The van der Waals surface area contributed by atoms with E-state index in [0.29, 0.717) is 24.8 Å². The van der Waals surface area contributed by atoms with Crippen LogP contribution < -0.4 is 5.32 Å². The van der Waals surface area contributed by atoms with E-state index >= 15 is 0 Å². The highest BCUT2D eigenvalue weighted by Crippen LogP contribution is 2.31. The normalized spacial score (nSPS) is 35.8. The fourth-order valence-corrected chi connectivity index (χ4v) is 3.59. The van der Waals surface area contributed by atoms with Crippen molar-refractivity contribution in [3.8, 4) is 0 Å². The monoisotopic (exact) mass is 238 g/mol. The molecule has 0 aromatic carbocycles. The first-order chi connectivity index (χ1) is 8.36. The molecule has 3 fully saturated rings. The summed E-state index contributed by atoms with van der Waals surface area (Å²) in [6.45, 7) is 2.41. The van der Waals surface area contributed by atoms with Crippen molar-refractivity contribution in [3.05, 3.63) is 0 Å². The number of morpholine rings is 1. The van der Waals surface area contributed by atoms with Crippen molar-refractivity contribution in [2.75, 3.05) is 19.7 Å². The van der Waals surface area contributed by atoms with E-state index in [2.05, 4.69) is 10.2 Å². The summed E-state index contributed by atoms with van der Waals surface area (Å²) in [5.41, 5.74) is 0. The second-order valence-corrected chi connectivity index (χ2v) is 5.48. The molecule has 96 valence electrons. The van der Waals surface area contributed by atoms with Crippen molar-refractivity contribution in [2.24, 2.45) is 0 Å². The maximum Gasteiger partial charge on any atom is 0.249 e. The Hall–Kier alpha value is -0.610. The van der Waals surface area contributed by atoms with E-state index in [1.807, 2.05) is 0 Å². The SMILES string of the molecule is O=C1CO[C@H]2CCCCC2N1C1CCNCC1. The van der Waals surface area contributed by atoms with Gasteiger partial charge >= 0.3 is 0 Å². The maximum atomic E-state index is 12.1. The van der Waals surface area contributed by atoms with Gasteiger partial charge in [0.05, 0.1) is 12.1 Å². The molecule has 0 aromatic heterocycles. The number of nitrogens with zero attached hydrogens (tertiary/aromatic N) is 1. The lowest BCUT2D eigenvalue weighted by Gasteiger charge is -2.48. The molecule has 0 radical (unpaired) electrons. The minimum absolute atomic E-state index is 0.222. The van der Waals surface area contributed by atoms with Crippen molar-refractivity contribution in [2.45, 2.75) is 56.7 Å². The number of amides is 1. The first-order valence-corrected chi connectivity index (χ1v) is 7.00. The lowest BCUT2D eigenvalue weighted by molar-refractivity contribution is -0.166. The third-order valence-corrected chi connectivity index (χ3v) is 4.44. The van der Waals surface area contributed by atoms with Crippen LogP contribution in [0.4, 0.5) is 0 Å². The zero-order chi connectivity index (χ0) is 11.7. The predicted octanol–water partition coefficient (Wildman–Crippen LogP) is 0.908. The van der Waals surface area contributed by atoms with Gasteiger partial charge in [0.1, 0.15) is 6.61 Å². The zero-order valence-electron chi connectivity index (χ0n) is 10.4. The van der Waals surface area contributed by atoms with Crippen LogP contribution in [0.5, 0.6) is 0 Å². The molecule has 3 rings (SSSR count). The number of fused-ring (bicyclic) bond motifs is 1. The molecule has 1 unspecified atom stereocenters. The first kappa shape index (κ1) is 11.5. The Morgan fingerprint density at radius 3 is 2.71 bits per heavy atom. The van der Waals surface area contributed by atoms with Gasteiger partial charge < -0.3 is 15.0 Å². The average molecular weight is 238 g/mol. The molecule has 1 N–H and O–H groups in total. The Bertz CT molecular complexity index is 289. The van der Waals surface area contributed by atoms with Crippen LogP contribution in [0.2, 0.25) is 0 Å². The third-order valence-electron chi connectivity index (χ3n) is 4.44. The van der Waals surface area contributed by atoms with E-state index in [4.69, 9.17) is 4.74 Å². The predicted molar refractivity (Wildman–Crippen MR) is 64.7 cm³/mol. The van der Waals surface area contributed by atoms with Crippen LogP contribution in [0.25, 0.3) is 0 Å². The Balaban J connectivity index is 1.75. The van der Waals surface area contributed by atoms with Gasteiger partial charge in [-0.05, 0) is 38.8 Å². The fourth-order valence-electron chi connectivity index (χ4n) is 3.59. The Kier molecular flexibility index (Phi) is 3.34. The van der Waals surface area contributed by atoms with Crippen molar-refractivity contribution in [1.29, 1.82) is 0 Å². The van der Waals surface area contributed by atoms with Crippen LogP contribution in [0.1, 0.15) is 38.5 Å². The van der Waals surface area contributed by atoms with Crippen LogP contribution in [0.15, 0.2) is 0 Å². The molecule has 2 aliphatic heterocycles. The molecule has 2 saturated heterocycles. The summed E-state index contributed by atoms with van der Waals surface area (Å²) in [7, 11) is 0. The summed E-state index contributed by atoms with van der Waals surface area (Å²) < 4.78 is 5.71. The molecule has 1 amide bonds. The maximum absolute atomic E-state index is 12.1. The number of hydrogen-bond acceptors (Lipinski definition) is 3. The smallest absolute Gasteiger partial charge is 0.249 e. The van der Waals surface area contributed by atoms with E-state index in [-0.39, 0.29) is 5.91 Å². The number of carbonyl (C=O) groups excluding carboxylic acids is 1. The fraction of sp³-hybridized carbons (Fsp3) is 0.923. The molecule has 0 bridgehead atoms. The molecule has 0 aromatic rings. The second kappa shape index (κ2) is 4.94. The van der Waals surface area contributed by atoms with Crippen LogP contribution >= 0.6 is 0 Å². The van der Waals surface area contributed by atoms with E-state index in [1.165, 1.54) is 12.8 Å². The van der Waals surface area contributed by atoms with Crippen LogP contribution in [0, 0.1) is 0 Å². The van der Waals surface area contributed by atoms with Crippen molar-refractivity contribution < 1.29 is 9.53 Å². The summed E-state index contributed by atoms with van der Waals surface area (Å²) in [6.07, 6.45) is 7.31. The lowest BCUT2D eigenvalue weighted by atomic mass is 9.88. The molecule has 1 aliphatic carbocycles. The zero-order valence-corrected chi connectivity index (χ0v) is 10.4. The minimum Gasteiger partial charge on any atom is -0.366 e. The molecular formula is C13H22N2O2. The van der Waals surface area contributed by atoms with E-state index < -0.39 is 0 Å². The van der Waals surface area contributed by atoms with Gasteiger partial charge in [-0.15, -0.1) is 0 Å². The lowest BCUT2D eigenvalue weighted by Crippen LogP contribution is -2.60. The van der Waals surface area contributed by atoms with Crippen LogP contribution in [-0.4, -0.2) is 48.7 Å². The number of carbonyl (C=O) groups is 1. The quantitative estimate of drug-likeness (QED) is 0.738. The van der Waals surface area contributed by atoms with Gasteiger partial charge in [-0.25, -0.2) is 0 Å². The number of rotatable bonds is 1. The van der Waals surface area contributed by atoms with Gasteiger partial charge in [0.15, 0.2) is 0 Å². The molecule has 17 heavy (non-hydrogen) atoms. The van der Waals surface area contributed by atoms with Gasteiger partial charge in [-0.2, -0.15) is 0 Å². The highest BCUT2D eigenvalue weighted by molar-refractivity contribution is 5.79. The number of nitrogens with one attached hydrogen (secondary N) is 1. The highest BCUT2D eigenvalue weighted by atomic mass is 16.5. The van der Waals surface area contributed by atoms with Gasteiger partial charge in [0.25, 0.3) is 0 Å². The largest absolute Gasteiger partial charge is 0.366 e. The van der Waals surface area contributed by atoms with Gasteiger partial charge in [0, 0.05) is 6.04 Å². The first-order valence-electron chi connectivity index (χ1n) is 7.00. The van der Waals surface area contributed by atoms with Crippen molar-refractivity contribution in [1.82, 2.24) is 10.2 Å². The van der Waals surface area contributed by atoms with Crippen molar-refractivity contribution in [3.63, 3.8) is 0 Å². The molecular weight excluding hydrogens is 216 g/mol. The van der Waals surface area contributed by atoms with E-state index in [9.17, 15) is 4.79 Å². The molecule has 2 atom stereocenters. The van der Waals surface area contributed by atoms with Gasteiger partial charge in [-0.1, -0.05) is 12.8 Å². The Labute approximate surface area is 103 Å². The van der Waals surface area contributed by atoms with Crippen LogP contribution in [0.3, 0.4) is 0 Å². The average Bonchev–Trinajstić information content (AvgIpc) is 2.39. The standard InChI is InChI=1S/C13H22N2O2/c16-13-9-17-12-4-2-1-3-11(12)15(13)10-5-7-14-8-6-10/h10-12,14H,1-9H2/t11?,12-/m0/s1. The summed E-state index contributed by atoms with van der Waals surface area (Å²) in [4.78, 5) is 14.3. The van der Waals surface area contributed by atoms with Crippen LogP contribution in [-0.2, 0) is 9.53 Å².